The lowest BCUT2D eigenvalue weighted by atomic mass is 10.1. The third-order valence-electron chi connectivity index (χ3n) is 3.26. The minimum atomic E-state index is -2.88. The number of nitrogens with one attached hydrogen (secondary N) is 1. The summed E-state index contributed by atoms with van der Waals surface area (Å²) < 4.78 is 28.3. The maximum Gasteiger partial charge on any atom is 0.387 e. The van der Waals surface area contributed by atoms with Gasteiger partial charge in [0, 0.05) is 12.6 Å². The first-order valence-corrected chi connectivity index (χ1v) is 6.99. The van der Waals surface area contributed by atoms with Crippen molar-refractivity contribution in [1.29, 1.82) is 0 Å². The number of alkyl halides is 2. The van der Waals surface area contributed by atoms with Crippen molar-refractivity contribution >= 4 is 5.91 Å². The SMILES string of the molecule is CC(C)N(C)CC(=O)NCC(O)c1ccc(OC(F)F)cc1. The van der Waals surface area contributed by atoms with Crippen LogP contribution in [0.15, 0.2) is 24.3 Å². The van der Waals surface area contributed by atoms with Gasteiger partial charge in [-0.1, -0.05) is 12.1 Å². The molecular weight excluding hydrogens is 294 g/mol. The number of nitrogens with zero attached hydrogens (tertiary/aromatic N) is 1. The Balaban J connectivity index is 2.45. The third-order valence-corrected chi connectivity index (χ3v) is 3.26. The van der Waals surface area contributed by atoms with E-state index in [2.05, 4.69) is 10.1 Å². The predicted molar refractivity (Wildman–Crippen MR) is 78.8 cm³/mol. The summed E-state index contributed by atoms with van der Waals surface area (Å²) >= 11 is 0. The van der Waals surface area contributed by atoms with Crippen LogP contribution >= 0.6 is 0 Å². The summed E-state index contributed by atoms with van der Waals surface area (Å²) in [6.07, 6.45) is -0.908. The Morgan fingerprint density at radius 3 is 2.41 bits per heavy atom. The van der Waals surface area contributed by atoms with Crippen LogP contribution in [0.5, 0.6) is 5.75 Å². The average molecular weight is 316 g/mol. The van der Waals surface area contributed by atoms with E-state index < -0.39 is 12.7 Å². The van der Waals surface area contributed by atoms with Crippen molar-refractivity contribution in [2.75, 3.05) is 20.1 Å². The summed E-state index contributed by atoms with van der Waals surface area (Å²) in [6.45, 7) is 1.37. The van der Waals surface area contributed by atoms with Gasteiger partial charge in [-0.2, -0.15) is 8.78 Å². The van der Waals surface area contributed by atoms with Crippen molar-refractivity contribution in [1.82, 2.24) is 10.2 Å². The smallest absolute Gasteiger partial charge is 0.387 e. The zero-order chi connectivity index (χ0) is 16.7. The molecule has 2 N–H and O–H groups in total. The number of aliphatic hydroxyl groups is 1. The van der Waals surface area contributed by atoms with Crippen molar-refractivity contribution in [2.24, 2.45) is 0 Å². The fraction of sp³-hybridized carbons (Fsp3) is 0.533. The van der Waals surface area contributed by atoms with Gasteiger partial charge in [0.1, 0.15) is 5.75 Å². The van der Waals surface area contributed by atoms with E-state index in [0.717, 1.165) is 0 Å². The normalized spacial score (nSPS) is 12.8. The Labute approximate surface area is 128 Å². The van der Waals surface area contributed by atoms with Gasteiger partial charge in [0.2, 0.25) is 5.91 Å². The van der Waals surface area contributed by atoms with Crippen LogP contribution in [0.25, 0.3) is 0 Å². The van der Waals surface area contributed by atoms with Crippen molar-refractivity contribution in [3.05, 3.63) is 29.8 Å². The van der Waals surface area contributed by atoms with E-state index in [1.54, 1.807) is 0 Å². The maximum atomic E-state index is 12.0. The van der Waals surface area contributed by atoms with Crippen molar-refractivity contribution < 1.29 is 23.4 Å². The molecule has 1 aromatic carbocycles. The number of hydrogen-bond acceptors (Lipinski definition) is 4. The highest BCUT2D eigenvalue weighted by Crippen LogP contribution is 2.18. The summed E-state index contributed by atoms with van der Waals surface area (Å²) in [7, 11) is 1.84. The Bertz CT molecular complexity index is 466. The quantitative estimate of drug-likeness (QED) is 0.767. The van der Waals surface area contributed by atoms with Gasteiger partial charge in [0.25, 0.3) is 0 Å². The number of hydrogen-bond donors (Lipinski definition) is 2. The Morgan fingerprint density at radius 2 is 1.91 bits per heavy atom. The highest BCUT2D eigenvalue weighted by atomic mass is 19.3. The number of likely N-dealkylation sites (N-methyl/N-ethyl adjacent to an activating group) is 1. The number of carbonyl (C=O) groups excluding carboxylic acids is 1. The molecule has 1 amide bonds. The van der Waals surface area contributed by atoms with E-state index in [0.29, 0.717) is 5.56 Å². The van der Waals surface area contributed by atoms with Crippen LogP contribution in [0.3, 0.4) is 0 Å². The monoisotopic (exact) mass is 316 g/mol. The molecule has 0 saturated carbocycles. The minimum Gasteiger partial charge on any atom is -0.435 e. The Kier molecular flexibility index (Phi) is 7.20. The molecule has 124 valence electrons. The zero-order valence-corrected chi connectivity index (χ0v) is 12.9. The lowest BCUT2D eigenvalue weighted by Gasteiger charge is -2.20. The molecule has 1 aromatic rings. The number of amides is 1. The van der Waals surface area contributed by atoms with Gasteiger partial charge in [-0.05, 0) is 38.6 Å². The molecule has 0 aliphatic heterocycles. The molecule has 0 bridgehead atoms. The van der Waals surface area contributed by atoms with E-state index in [-0.39, 0.29) is 30.8 Å². The van der Waals surface area contributed by atoms with Gasteiger partial charge >= 0.3 is 6.61 Å². The lowest BCUT2D eigenvalue weighted by molar-refractivity contribution is -0.122. The van der Waals surface area contributed by atoms with Crippen molar-refractivity contribution in [3.63, 3.8) is 0 Å². The molecule has 7 heteroatoms. The van der Waals surface area contributed by atoms with Gasteiger partial charge in [-0.15, -0.1) is 0 Å². The second-order valence-corrected chi connectivity index (χ2v) is 5.28. The number of rotatable bonds is 8. The Morgan fingerprint density at radius 1 is 1.32 bits per heavy atom. The number of aliphatic hydroxyl groups excluding tert-OH is 1. The van der Waals surface area contributed by atoms with Crippen LogP contribution in [0.2, 0.25) is 0 Å². The lowest BCUT2D eigenvalue weighted by Crippen LogP contribution is -2.39. The van der Waals surface area contributed by atoms with Crippen LogP contribution in [0, 0.1) is 0 Å². The molecule has 0 aromatic heterocycles. The van der Waals surface area contributed by atoms with Crippen LogP contribution in [0.4, 0.5) is 8.78 Å². The first kappa shape index (κ1) is 18.3. The van der Waals surface area contributed by atoms with Crippen LogP contribution in [0.1, 0.15) is 25.5 Å². The largest absolute Gasteiger partial charge is 0.435 e. The van der Waals surface area contributed by atoms with Crippen LogP contribution in [-0.2, 0) is 4.79 Å². The van der Waals surface area contributed by atoms with Crippen molar-refractivity contribution in [3.8, 4) is 5.75 Å². The summed E-state index contributed by atoms with van der Waals surface area (Å²) in [6, 6.07) is 5.90. The first-order valence-electron chi connectivity index (χ1n) is 6.99. The molecule has 5 nitrogen and oxygen atoms in total. The molecule has 22 heavy (non-hydrogen) atoms. The first-order chi connectivity index (χ1) is 10.3. The van der Waals surface area contributed by atoms with E-state index in [9.17, 15) is 18.7 Å². The topological polar surface area (TPSA) is 61.8 Å². The number of benzene rings is 1. The summed E-state index contributed by atoms with van der Waals surface area (Å²) in [5.74, 6) is -0.165. The molecular formula is C15H22F2N2O3. The van der Waals surface area contributed by atoms with E-state index in [1.807, 2.05) is 25.8 Å². The highest BCUT2D eigenvalue weighted by molar-refractivity contribution is 5.78. The van der Waals surface area contributed by atoms with Gasteiger partial charge in [-0.25, -0.2) is 0 Å². The predicted octanol–water partition coefficient (Wildman–Crippen LogP) is 1.78. The minimum absolute atomic E-state index is 0.0218. The average Bonchev–Trinajstić information content (AvgIpc) is 2.44. The fourth-order valence-corrected chi connectivity index (χ4v) is 1.66. The molecule has 0 spiro atoms. The molecule has 1 unspecified atom stereocenters. The summed E-state index contributed by atoms with van der Waals surface area (Å²) in [5.41, 5.74) is 0.513. The van der Waals surface area contributed by atoms with Gasteiger partial charge in [0.15, 0.2) is 0 Å². The summed E-state index contributed by atoms with van der Waals surface area (Å²) in [5, 5.41) is 12.6. The fourth-order valence-electron chi connectivity index (χ4n) is 1.66. The number of ether oxygens (including phenoxy) is 1. The second kappa shape index (κ2) is 8.65. The van der Waals surface area contributed by atoms with E-state index >= 15 is 0 Å². The molecule has 0 aliphatic rings. The molecule has 0 fully saturated rings. The number of halogens is 2. The molecule has 1 rings (SSSR count). The molecule has 0 aliphatic carbocycles. The number of carbonyl (C=O) groups is 1. The van der Waals surface area contributed by atoms with Crippen LogP contribution < -0.4 is 10.1 Å². The van der Waals surface area contributed by atoms with E-state index in [4.69, 9.17) is 0 Å². The van der Waals surface area contributed by atoms with Gasteiger partial charge in [0.05, 0.1) is 12.6 Å². The highest BCUT2D eigenvalue weighted by Gasteiger charge is 2.13. The third kappa shape index (κ3) is 6.36. The molecule has 0 saturated heterocycles. The zero-order valence-electron chi connectivity index (χ0n) is 12.9. The van der Waals surface area contributed by atoms with E-state index in [1.165, 1.54) is 24.3 Å². The molecule has 1 atom stereocenters. The van der Waals surface area contributed by atoms with Crippen molar-refractivity contribution in [2.45, 2.75) is 32.6 Å². The Hall–Kier alpha value is -1.73. The van der Waals surface area contributed by atoms with Crippen LogP contribution in [-0.4, -0.2) is 48.7 Å². The second-order valence-electron chi connectivity index (χ2n) is 5.28. The molecule has 0 radical (unpaired) electrons. The van der Waals surface area contributed by atoms with Gasteiger partial charge < -0.3 is 15.2 Å². The molecule has 0 heterocycles. The maximum absolute atomic E-state index is 12.0. The standard InChI is InChI=1S/C15H22F2N2O3/c1-10(2)19(3)9-14(21)18-8-13(20)11-4-6-12(7-5-11)22-15(16)17/h4-7,10,13,15,20H,8-9H2,1-3H3,(H,18,21). The van der Waals surface area contributed by atoms with Gasteiger partial charge in [-0.3, -0.25) is 9.69 Å². The summed E-state index contributed by atoms with van der Waals surface area (Å²) in [4.78, 5) is 13.6.